The largest absolute Gasteiger partial charge is 0.369 e. The molecule has 6 heteroatoms. The molecule has 6 nitrogen and oxygen atoms in total. The summed E-state index contributed by atoms with van der Waals surface area (Å²) < 4.78 is 0. The molecule has 3 N–H and O–H groups in total. The van der Waals surface area contributed by atoms with Gasteiger partial charge in [0.15, 0.2) is 0 Å². The van der Waals surface area contributed by atoms with E-state index >= 15 is 0 Å². The number of carbonyl (C=O) groups is 1. The molecule has 0 radical (unpaired) electrons. The van der Waals surface area contributed by atoms with Gasteiger partial charge in [0, 0.05) is 31.7 Å². The van der Waals surface area contributed by atoms with Crippen molar-refractivity contribution in [2.45, 2.75) is 33.2 Å². The molecule has 1 aromatic rings. The molecule has 1 aromatic heterocycles. The summed E-state index contributed by atoms with van der Waals surface area (Å²) in [6.45, 7) is 7.21. The van der Waals surface area contributed by atoms with Crippen molar-refractivity contribution in [3.63, 3.8) is 0 Å². The molecule has 100 valence electrons. The third-order valence-electron chi connectivity index (χ3n) is 2.10. The average molecular weight is 251 g/mol. The van der Waals surface area contributed by atoms with E-state index in [0.29, 0.717) is 18.9 Å². The molecule has 0 aliphatic carbocycles. The molecule has 0 saturated heterocycles. The lowest BCUT2D eigenvalue weighted by atomic mass is 10.3. The van der Waals surface area contributed by atoms with E-state index in [1.54, 1.807) is 12.3 Å². The minimum absolute atomic E-state index is 0.0402. The molecular weight excluding hydrogens is 230 g/mol. The summed E-state index contributed by atoms with van der Waals surface area (Å²) in [5.41, 5.74) is 0. The van der Waals surface area contributed by atoms with E-state index in [1.807, 2.05) is 20.8 Å². The zero-order valence-corrected chi connectivity index (χ0v) is 11.2. The normalized spacial score (nSPS) is 10.2. The Balaban J connectivity index is 2.34. The van der Waals surface area contributed by atoms with Gasteiger partial charge in [-0.3, -0.25) is 4.79 Å². The lowest BCUT2D eigenvalue weighted by Crippen LogP contribution is -2.31. The predicted molar refractivity (Wildman–Crippen MR) is 72.6 cm³/mol. The standard InChI is InChI=1S/C12H21N5O/c1-4-13-12-15-7-5-10(17-12)14-8-6-11(18)16-9(2)3/h5,7,9H,4,6,8H2,1-3H3,(H,16,18)(H2,13,14,15,17). The molecule has 1 amide bonds. The van der Waals surface area contributed by atoms with E-state index < -0.39 is 0 Å². The van der Waals surface area contributed by atoms with Crippen LogP contribution in [0.15, 0.2) is 12.3 Å². The van der Waals surface area contributed by atoms with Crippen LogP contribution in [0.4, 0.5) is 11.8 Å². The summed E-state index contributed by atoms with van der Waals surface area (Å²) in [7, 11) is 0. The summed E-state index contributed by atoms with van der Waals surface area (Å²) >= 11 is 0. The monoisotopic (exact) mass is 251 g/mol. The molecule has 0 bridgehead atoms. The van der Waals surface area contributed by atoms with Crippen molar-refractivity contribution < 1.29 is 4.79 Å². The topological polar surface area (TPSA) is 78.9 Å². The second-order valence-electron chi connectivity index (χ2n) is 4.19. The molecule has 0 aliphatic heterocycles. The number of aromatic nitrogens is 2. The van der Waals surface area contributed by atoms with Crippen LogP contribution in [0.5, 0.6) is 0 Å². The Morgan fingerprint density at radius 2 is 2.17 bits per heavy atom. The minimum atomic E-state index is 0.0402. The number of anilines is 2. The quantitative estimate of drug-likeness (QED) is 0.679. The number of hydrogen-bond acceptors (Lipinski definition) is 5. The predicted octanol–water partition coefficient (Wildman–Crippen LogP) is 1.23. The molecule has 0 saturated carbocycles. The van der Waals surface area contributed by atoms with Crippen molar-refractivity contribution in [3.8, 4) is 0 Å². The van der Waals surface area contributed by atoms with Crippen molar-refractivity contribution in [1.82, 2.24) is 15.3 Å². The average Bonchev–Trinajstić information content (AvgIpc) is 2.29. The van der Waals surface area contributed by atoms with Gasteiger partial charge in [0.25, 0.3) is 0 Å². The summed E-state index contributed by atoms with van der Waals surface area (Å²) in [5, 5.41) is 8.96. The number of amides is 1. The van der Waals surface area contributed by atoms with E-state index in [0.717, 1.165) is 12.4 Å². The third-order valence-corrected chi connectivity index (χ3v) is 2.10. The highest BCUT2D eigenvalue weighted by molar-refractivity contribution is 5.76. The lowest BCUT2D eigenvalue weighted by Gasteiger charge is -2.09. The summed E-state index contributed by atoms with van der Waals surface area (Å²) in [6, 6.07) is 1.96. The molecule has 0 aliphatic rings. The van der Waals surface area contributed by atoms with Crippen LogP contribution in [0.3, 0.4) is 0 Å². The van der Waals surface area contributed by atoms with Gasteiger partial charge in [-0.2, -0.15) is 4.98 Å². The first-order valence-electron chi connectivity index (χ1n) is 6.22. The van der Waals surface area contributed by atoms with Crippen LogP contribution in [0.1, 0.15) is 27.2 Å². The SMILES string of the molecule is CCNc1nccc(NCCC(=O)NC(C)C)n1. The fourth-order valence-electron chi connectivity index (χ4n) is 1.40. The Labute approximate surface area is 108 Å². The Morgan fingerprint density at radius 1 is 1.39 bits per heavy atom. The highest BCUT2D eigenvalue weighted by Crippen LogP contribution is 2.05. The fourth-order valence-corrected chi connectivity index (χ4v) is 1.40. The summed E-state index contributed by atoms with van der Waals surface area (Å²) in [6.07, 6.45) is 2.11. The maximum Gasteiger partial charge on any atom is 0.224 e. The fraction of sp³-hybridized carbons (Fsp3) is 0.583. The van der Waals surface area contributed by atoms with Gasteiger partial charge in [-0.05, 0) is 26.8 Å². The molecule has 1 heterocycles. The lowest BCUT2D eigenvalue weighted by molar-refractivity contribution is -0.121. The molecule has 0 spiro atoms. The molecule has 0 atom stereocenters. The van der Waals surface area contributed by atoms with Gasteiger partial charge in [-0.15, -0.1) is 0 Å². The number of rotatable bonds is 7. The molecular formula is C12H21N5O. The number of nitrogens with zero attached hydrogens (tertiary/aromatic N) is 2. The number of hydrogen-bond donors (Lipinski definition) is 3. The van der Waals surface area contributed by atoms with Gasteiger partial charge >= 0.3 is 0 Å². The van der Waals surface area contributed by atoms with E-state index in [-0.39, 0.29) is 11.9 Å². The summed E-state index contributed by atoms with van der Waals surface area (Å²) in [4.78, 5) is 19.7. The smallest absolute Gasteiger partial charge is 0.224 e. The van der Waals surface area contributed by atoms with Crippen molar-refractivity contribution >= 4 is 17.7 Å². The van der Waals surface area contributed by atoms with Gasteiger partial charge in [-0.1, -0.05) is 0 Å². The first-order chi connectivity index (χ1) is 8.61. The van der Waals surface area contributed by atoms with Crippen LogP contribution < -0.4 is 16.0 Å². The van der Waals surface area contributed by atoms with E-state index in [1.165, 1.54) is 0 Å². The van der Waals surface area contributed by atoms with Gasteiger partial charge < -0.3 is 16.0 Å². The Hall–Kier alpha value is -1.85. The highest BCUT2D eigenvalue weighted by Gasteiger charge is 2.03. The highest BCUT2D eigenvalue weighted by atomic mass is 16.1. The first-order valence-corrected chi connectivity index (χ1v) is 6.22. The van der Waals surface area contributed by atoms with Crippen LogP contribution in [-0.4, -0.2) is 35.0 Å². The Bertz CT molecular complexity index is 380. The van der Waals surface area contributed by atoms with Crippen LogP contribution in [0, 0.1) is 0 Å². The molecule has 0 fully saturated rings. The van der Waals surface area contributed by atoms with Gasteiger partial charge in [0.05, 0.1) is 0 Å². The summed E-state index contributed by atoms with van der Waals surface area (Å²) in [5.74, 6) is 1.35. The van der Waals surface area contributed by atoms with Crippen molar-refractivity contribution in [2.75, 3.05) is 23.7 Å². The molecule has 18 heavy (non-hydrogen) atoms. The zero-order chi connectivity index (χ0) is 13.4. The van der Waals surface area contributed by atoms with E-state index in [4.69, 9.17) is 0 Å². The maximum absolute atomic E-state index is 11.4. The zero-order valence-electron chi connectivity index (χ0n) is 11.2. The number of nitrogens with one attached hydrogen (secondary N) is 3. The Morgan fingerprint density at radius 3 is 2.83 bits per heavy atom. The molecule has 1 rings (SSSR count). The van der Waals surface area contributed by atoms with Crippen molar-refractivity contribution in [3.05, 3.63) is 12.3 Å². The molecule has 0 unspecified atom stereocenters. The van der Waals surface area contributed by atoms with Crippen molar-refractivity contribution in [2.24, 2.45) is 0 Å². The molecule has 0 aromatic carbocycles. The van der Waals surface area contributed by atoms with Crippen molar-refractivity contribution in [1.29, 1.82) is 0 Å². The van der Waals surface area contributed by atoms with Gasteiger partial charge in [-0.25, -0.2) is 4.98 Å². The Kier molecular flexibility index (Phi) is 5.90. The second-order valence-corrected chi connectivity index (χ2v) is 4.19. The van der Waals surface area contributed by atoms with E-state index in [9.17, 15) is 4.79 Å². The van der Waals surface area contributed by atoms with Crippen LogP contribution in [0.25, 0.3) is 0 Å². The van der Waals surface area contributed by atoms with Crippen LogP contribution >= 0.6 is 0 Å². The maximum atomic E-state index is 11.4. The van der Waals surface area contributed by atoms with Gasteiger partial charge in [0.2, 0.25) is 11.9 Å². The van der Waals surface area contributed by atoms with Crippen LogP contribution in [-0.2, 0) is 4.79 Å². The first kappa shape index (κ1) is 14.2. The number of carbonyl (C=O) groups excluding carboxylic acids is 1. The third kappa shape index (κ3) is 5.47. The second kappa shape index (κ2) is 7.47. The minimum Gasteiger partial charge on any atom is -0.369 e. The van der Waals surface area contributed by atoms with E-state index in [2.05, 4.69) is 25.9 Å². The van der Waals surface area contributed by atoms with Gasteiger partial charge in [0.1, 0.15) is 5.82 Å². The van der Waals surface area contributed by atoms with Crippen LogP contribution in [0.2, 0.25) is 0 Å².